The molecule has 0 saturated carbocycles. The van der Waals surface area contributed by atoms with E-state index in [0.29, 0.717) is 21.9 Å². The lowest BCUT2D eigenvalue weighted by Crippen LogP contribution is -2.02. The van der Waals surface area contributed by atoms with Gasteiger partial charge in [0.2, 0.25) is 5.43 Å². The van der Waals surface area contributed by atoms with Gasteiger partial charge in [0.25, 0.3) is 0 Å². The number of hydrogen-bond acceptors (Lipinski definition) is 4. The average Bonchev–Trinajstić information content (AvgIpc) is 2.56. The molecule has 0 spiro atoms. The molecule has 0 aliphatic heterocycles. The number of aromatic nitrogens is 2. The van der Waals surface area contributed by atoms with Gasteiger partial charge < -0.3 is 4.42 Å². The third-order valence-corrected chi connectivity index (χ3v) is 3.44. The molecule has 0 saturated heterocycles. The predicted molar refractivity (Wildman–Crippen MR) is 81.0 cm³/mol. The summed E-state index contributed by atoms with van der Waals surface area (Å²) in [6.45, 7) is 0. The van der Waals surface area contributed by atoms with E-state index in [-0.39, 0.29) is 5.43 Å². The molecule has 4 nitrogen and oxygen atoms in total. The molecule has 0 amide bonds. The molecular formula is C17H10N2O2. The largest absolute Gasteiger partial charge is 0.453 e. The van der Waals surface area contributed by atoms with Gasteiger partial charge >= 0.3 is 0 Å². The molecule has 0 aliphatic rings. The van der Waals surface area contributed by atoms with Gasteiger partial charge in [0.05, 0.1) is 22.7 Å². The Morgan fingerprint density at radius 3 is 2.71 bits per heavy atom. The Bertz CT molecular complexity index is 1010. The van der Waals surface area contributed by atoms with Crippen LogP contribution >= 0.6 is 0 Å². The van der Waals surface area contributed by atoms with E-state index in [4.69, 9.17) is 4.42 Å². The molecule has 4 aromatic rings. The van der Waals surface area contributed by atoms with Crippen molar-refractivity contribution in [3.05, 3.63) is 71.3 Å². The van der Waals surface area contributed by atoms with Crippen LogP contribution in [0.25, 0.3) is 33.2 Å². The minimum Gasteiger partial charge on any atom is -0.453 e. The fourth-order valence-corrected chi connectivity index (χ4v) is 2.45. The highest BCUT2D eigenvalue weighted by Crippen LogP contribution is 2.27. The van der Waals surface area contributed by atoms with Crippen LogP contribution in [0.3, 0.4) is 0 Å². The Labute approximate surface area is 119 Å². The standard InChI is InChI=1S/C17H10N2O2/c20-16-12-7-9-18-10-15(12)21-17-11(4-3-5-13(16)17)14-6-1-2-8-19-14/h1-10H. The van der Waals surface area contributed by atoms with E-state index in [1.54, 1.807) is 30.7 Å². The van der Waals surface area contributed by atoms with Crippen LogP contribution in [-0.2, 0) is 0 Å². The highest BCUT2D eigenvalue weighted by Gasteiger charge is 2.12. The van der Waals surface area contributed by atoms with Crippen LogP contribution in [-0.4, -0.2) is 9.97 Å². The summed E-state index contributed by atoms with van der Waals surface area (Å²) in [5.74, 6) is 0. The molecule has 0 aliphatic carbocycles. The molecule has 100 valence electrons. The van der Waals surface area contributed by atoms with E-state index in [1.807, 2.05) is 30.3 Å². The van der Waals surface area contributed by atoms with Crippen molar-refractivity contribution in [1.82, 2.24) is 9.97 Å². The molecule has 4 rings (SSSR count). The molecule has 3 aromatic heterocycles. The molecule has 1 aromatic carbocycles. The molecule has 0 bridgehead atoms. The fourth-order valence-electron chi connectivity index (χ4n) is 2.45. The summed E-state index contributed by atoms with van der Waals surface area (Å²) in [5, 5.41) is 1.09. The number of nitrogens with zero attached hydrogens (tertiary/aromatic N) is 2. The normalized spacial score (nSPS) is 11.0. The highest BCUT2D eigenvalue weighted by molar-refractivity contribution is 5.96. The van der Waals surface area contributed by atoms with E-state index in [2.05, 4.69) is 9.97 Å². The lowest BCUT2D eigenvalue weighted by molar-refractivity contribution is 0.658. The van der Waals surface area contributed by atoms with Gasteiger partial charge in [0.1, 0.15) is 5.58 Å². The van der Waals surface area contributed by atoms with Crippen LogP contribution in [0.5, 0.6) is 0 Å². The Morgan fingerprint density at radius 1 is 0.905 bits per heavy atom. The second-order valence-electron chi connectivity index (χ2n) is 4.70. The highest BCUT2D eigenvalue weighted by atomic mass is 16.3. The summed E-state index contributed by atoms with van der Waals surface area (Å²) < 4.78 is 5.91. The van der Waals surface area contributed by atoms with Crippen LogP contribution in [0.4, 0.5) is 0 Å². The summed E-state index contributed by atoms with van der Waals surface area (Å²) in [6.07, 6.45) is 4.87. The van der Waals surface area contributed by atoms with Gasteiger partial charge in [0, 0.05) is 18.0 Å². The van der Waals surface area contributed by atoms with Gasteiger partial charge in [-0.3, -0.25) is 14.8 Å². The van der Waals surface area contributed by atoms with Gasteiger partial charge in [-0.2, -0.15) is 0 Å². The minimum absolute atomic E-state index is 0.0496. The molecule has 0 radical (unpaired) electrons. The van der Waals surface area contributed by atoms with Crippen molar-refractivity contribution in [3.63, 3.8) is 0 Å². The summed E-state index contributed by atoms with van der Waals surface area (Å²) in [4.78, 5) is 20.9. The number of benzene rings is 1. The van der Waals surface area contributed by atoms with Crippen molar-refractivity contribution in [3.8, 4) is 11.3 Å². The predicted octanol–water partition coefficient (Wildman–Crippen LogP) is 3.40. The van der Waals surface area contributed by atoms with Crippen molar-refractivity contribution in [2.75, 3.05) is 0 Å². The van der Waals surface area contributed by atoms with Crippen molar-refractivity contribution < 1.29 is 4.42 Å². The maximum absolute atomic E-state index is 12.6. The maximum Gasteiger partial charge on any atom is 0.200 e. The van der Waals surface area contributed by atoms with Crippen LogP contribution in [0, 0.1) is 0 Å². The number of para-hydroxylation sites is 1. The third kappa shape index (κ3) is 1.80. The molecule has 0 N–H and O–H groups in total. The van der Waals surface area contributed by atoms with E-state index in [9.17, 15) is 4.79 Å². The lowest BCUT2D eigenvalue weighted by Gasteiger charge is -2.06. The van der Waals surface area contributed by atoms with E-state index in [0.717, 1.165) is 11.3 Å². The Balaban J connectivity index is 2.18. The summed E-state index contributed by atoms with van der Waals surface area (Å²) in [6, 6.07) is 12.8. The van der Waals surface area contributed by atoms with Crippen LogP contribution in [0.2, 0.25) is 0 Å². The quantitative estimate of drug-likeness (QED) is 0.499. The average molecular weight is 274 g/mol. The first-order valence-corrected chi connectivity index (χ1v) is 6.55. The monoisotopic (exact) mass is 274 g/mol. The maximum atomic E-state index is 12.6. The molecule has 21 heavy (non-hydrogen) atoms. The number of hydrogen-bond donors (Lipinski definition) is 0. The first-order valence-electron chi connectivity index (χ1n) is 6.55. The van der Waals surface area contributed by atoms with E-state index >= 15 is 0 Å². The van der Waals surface area contributed by atoms with Gasteiger partial charge in [-0.1, -0.05) is 12.1 Å². The fraction of sp³-hybridized carbons (Fsp3) is 0. The molecular weight excluding hydrogens is 264 g/mol. The van der Waals surface area contributed by atoms with Crippen LogP contribution in [0.15, 0.2) is 70.3 Å². The number of fused-ring (bicyclic) bond motifs is 2. The second kappa shape index (κ2) is 4.52. The molecule has 0 fully saturated rings. The Kier molecular flexibility index (Phi) is 2.54. The van der Waals surface area contributed by atoms with Crippen LogP contribution in [0.1, 0.15) is 0 Å². The van der Waals surface area contributed by atoms with Gasteiger partial charge in [-0.25, -0.2) is 0 Å². The van der Waals surface area contributed by atoms with E-state index < -0.39 is 0 Å². The summed E-state index contributed by atoms with van der Waals surface area (Å²) in [5.41, 5.74) is 2.55. The van der Waals surface area contributed by atoms with Crippen LogP contribution < -0.4 is 5.43 Å². The number of rotatable bonds is 1. The molecule has 0 unspecified atom stereocenters. The van der Waals surface area contributed by atoms with Gasteiger partial charge in [0.15, 0.2) is 5.58 Å². The zero-order valence-corrected chi connectivity index (χ0v) is 11.0. The lowest BCUT2D eigenvalue weighted by atomic mass is 10.1. The second-order valence-corrected chi connectivity index (χ2v) is 4.70. The van der Waals surface area contributed by atoms with Crippen molar-refractivity contribution in [1.29, 1.82) is 0 Å². The minimum atomic E-state index is -0.0496. The summed E-state index contributed by atoms with van der Waals surface area (Å²) in [7, 11) is 0. The first kappa shape index (κ1) is 11.8. The Hall–Kier alpha value is -3.01. The molecule has 3 heterocycles. The zero-order chi connectivity index (χ0) is 14.2. The summed E-state index contributed by atoms with van der Waals surface area (Å²) >= 11 is 0. The third-order valence-electron chi connectivity index (χ3n) is 3.44. The van der Waals surface area contributed by atoms with Crippen molar-refractivity contribution >= 4 is 21.9 Å². The van der Waals surface area contributed by atoms with E-state index in [1.165, 1.54) is 0 Å². The van der Waals surface area contributed by atoms with Crippen molar-refractivity contribution in [2.45, 2.75) is 0 Å². The molecule has 0 atom stereocenters. The number of pyridine rings is 2. The SMILES string of the molecule is O=c1c2ccncc2oc2c(-c3ccccn3)cccc12. The van der Waals surface area contributed by atoms with Crippen molar-refractivity contribution in [2.24, 2.45) is 0 Å². The van der Waals surface area contributed by atoms with Gasteiger partial charge in [-0.15, -0.1) is 0 Å². The molecule has 4 heteroatoms. The first-order chi connectivity index (χ1) is 10.3. The smallest absolute Gasteiger partial charge is 0.200 e. The Morgan fingerprint density at radius 2 is 1.86 bits per heavy atom. The zero-order valence-electron chi connectivity index (χ0n) is 11.0. The van der Waals surface area contributed by atoms with Gasteiger partial charge in [-0.05, 0) is 30.3 Å². The topological polar surface area (TPSA) is 56.0 Å².